The highest BCUT2D eigenvalue weighted by molar-refractivity contribution is 5.67. The van der Waals surface area contributed by atoms with E-state index in [1.165, 1.54) is 0 Å². The Bertz CT molecular complexity index is 383. The lowest BCUT2D eigenvalue weighted by molar-refractivity contribution is 0.0953. The summed E-state index contributed by atoms with van der Waals surface area (Å²) < 4.78 is 10.1. The van der Waals surface area contributed by atoms with Crippen LogP contribution in [0.15, 0.2) is 10.6 Å². The van der Waals surface area contributed by atoms with Gasteiger partial charge in [0.25, 0.3) is 0 Å². The molecule has 1 aromatic rings. The molecule has 0 aliphatic carbocycles. The summed E-state index contributed by atoms with van der Waals surface area (Å²) >= 11 is 0. The van der Waals surface area contributed by atoms with Crippen LogP contribution in [-0.4, -0.2) is 35.8 Å². The van der Waals surface area contributed by atoms with Gasteiger partial charge in [-0.2, -0.15) is 0 Å². The molecule has 0 spiro atoms. The molecule has 1 aliphatic rings. The summed E-state index contributed by atoms with van der Waals surface area (Å²) in [7, 11) is 0. The minimum Gasteiger partial charge on any atom is -0.450 e. The average molecular weight is 239 g/mol. The number of nitrogens with two attached hydrogens (primary N) is 1. The Morgan fingerprint density at radius 3 is 2.88 bits per heavy atom. The molecule has 94 valence electrons. The number of hydrogen-bond donors (Lipinski definition) is 1. The van der Waals surface area contributed by atoms with E-state index in [4.69, 9.17) is 15.0 Å². The fourth-order valence-corrected chi connectivity index (χ4v) is 2.06. The van der Waals surface area contributed by atoms with Crippen molar-refractivity contribution in [2.45, 2.75) is 25.7 Å². The fourth-order valence-electron chi connectivity index (χ4n) is 2.06. The van der Waals surface area contributed by atoms with Gasteiger partial charge in [-0.05, 0) is 19.8 Å². The molecule has 0 unspecified atom stereocenters. The van der Waals surface area contributed by atoms with Crippen molar-refractivity contribution in [1.29, 1.82) is 0 Å². The van der Waals surface area contributed by atoms with Crippen molar-refractivity contribution in [2.75, 3.05) is 25.4 Å². The molecule has 0 saturated carbocycles. The normalized spacial score (nSPS) is 17.1. The zero-order chi connectivity index (χ0) is 12.3. The number of hydrogen-bond acceptors (Lipinski definition) is 5. The molecule has 17 heavy (non-hydrogen) atoms. The molecule has 0 aromatic carbocycles. The summed E-state index contributed by atoms with van der Waals surface area (Å²) in [6.07, 6.45) is 1.48. The van der Waals surface area contributed by atoms with Crippen LogP contribution in [-0.2, 0) is 4.74 Å². The van der Waals surface area contributed by atoms with Gasteiger partial charge in [-0.1, -0.05) is 5.16 Å². The molecule has 0 radical (unpaired) electrons. The maximum absolute atomic E-state index is 11.5. The zero-order valence-electron chi connectivity index (χ0n) is 9.89. The van der Waals surface area contributed by atoms with Crippen LogP contribution < -0.4 is 5.73 Å². The van der Waals surface area contributed by atoms with Crippen molar-refractivity contribution < 1.29 is 14.1 Å². The van der Waals surface area contributed by atoms with E-state index in [0.29, 0.717) is 31.4 Å². The Labute approximate surface area is 99.7 Å². The number of carbonyl (C=O) groups is 1. The standard InChI is InChI=1S/C11H17N3O3/c1-2-16-11(15)14-5-3-8(4-6-14)9-7-10(12)13-17-9/h7-8H,2-6H2,1H3,(H2,12,13). The van der Waals surface area contributed by atoms with Gasteiger partial charge in [0, 0.05) is 25.1 Å². The van der Waals surface area contributed by atoms with Crippen LogP contribution in [0.1, 0.15) is 31.4 Å². The van der Waals surface area contributed by atoms with Crippen molar-refractivity contribution in [1.82, 2.24) is 10.1 Å². The maximum atomic E-state index is 11.5. The summed E-state index contributed by atoms with van der Waals surface area (Å²) in [6, 6.07) is 1.75. The number of ether oxygens (including phenoxy) is 1. The molecule has 0 atom stereocenters. The molecule has 1 fully saturated rings. The Hall–Kier alpha value is -1.72. The monoisotopic (exact) mass is 239 g/mol. The third kappa shape index (κ3) is 2.69. The van der Waals surface area contributed by atoms with Gasteiger partial charge in [0.1, 0.15) is 5.76 Å². The van der Waals surface area contributed by atoms with Crippen LogP contribution in [0.2, 0.25) is 0 Å². The average Bonchev–Trinajstić information content (AvgIpc) is 2.76. The highest BCUT2D eigenvalue weighted by atomic mass is 16.6. The van der Waals surface area contributed by atoms with Crippen molar-refractivity contribution in [3.05, 3.63) is 11.8 Å². The summed E-state index contributed by atoms with van der Waals surface area (Å²) in [5.74, 6) is 1.52. The number of piperidine rings is 1. The van der Waals surface area contributed by atoms with E-state index in [-0.39, 0.29) is 6.09 Å². The number of nitrogens with zero attached hydrogens (tertiary/aromatic N) is 2. The van der Waals surface area contributed by atoms with E-state index in [1.54, 1.807) is 11.0 Å². The predicted molar refractivity (Wildman–Crippen MR) is 61.5 cm³/mol. The van der Waals surface area contributed by atoms with E-state index in [1.807, 2.05) is 6.92 Å². The fraction of sp³-hybridized carbons (Fsp3) is 0.636. The summed E-state index contributed by atoms with van der Waals surface area (Å²) in [6.45, 7) is 3.59. The number of anilines is 1. The van der Waals surface area contributed by atoms with Crippen LogP contribution in [0.5, 0.6) is 0 Å². The lowest BCUT2D eigenvalue weighted by Gasteiger charge is -2.29. The van der Waals surface area contributed by atoms with Gasteiger partial charge < -0.3 is 19.9 Å². The Kier molecular flexibility index (Phi) is 3.51. The number of rotatable bonds is 2. The van der Waals surface area contributed by atoms with Gasteiger partial charge in [0.2, 0.25) is 0 Å². The molecule has 6 heteroatoms. The van der Waals surface area contributed by atoms with Crippen molar-refractivity contribution in [2.24, 2.45) is 0 Å². The highest BCUT2D eigenvalue weighted by Gasteiger charge is 2.26. The van der Waals surface area contributed by atoms with Crippen LogP contribution in [0.25, 0.3) is 0 Å². The van der Waals surface area contributed by atoms with Gasteiger partial charge in [0.05, 0.1) is 6.61 Å². The third-order valence-electron chi connectivity index (χ3n) is 2.97. The van der Waals surface area contributed by atoms with E-state index in [9.17, 15) is 4.79 Å². The number of aromatic nitrogens is 1. The van der Waals surface area contributed by atoms with E-state index >= 15 is 0 Å². The largest absolute Gasteiger partial charge is 0.450 e. The van der Waals surface area contributed by atoms with Gasteiger partial charge in [-0.15, -0.1) is 0 Å². The van der Waals surface area contributed by atoms with Crippen molar-refractivity contribution >= 4 is 11.9 Å². The van der Waals surface area contributed by atoms with Crippen molar-refractivity contribution in [3.8, 4) is 0 Å². The lowest BCUT2D eigenvalue weighted by atomic mass is 9.94. The molecule has 1 amide bonds. The van der Waals surface area contributed by atoms with Crippen LogP contribution in [0, 0.1) is 0 Å². The molecule has 2 rings (SSSR count). The number of likely N-dealkylation sites (tertiary alicyclic amines) is 1. The van der Waals surface area contributed by atoms with Crippen LogP contribution >= 0.6 is 0 Å². The van der Waals surface area contributed by atoms with Gasteiger partial charge in [-0.3, -0.25) is 0 Å². The first-order valence-electron chi connectivity index (χ1n) is 5.84. The molecule has 1 aromatic heterocycles. The topological polar surface area (TPSA) is 81.6 Å². The second kappa shape index (κ2) is 5.07. The summed E-state index contributed by atoms with van der Waals surface area (Å²) in [4.78, 5) is 13.2. The lowest BCUT2D eigenvalue weighted by Crippen LogP contribution is -2.38. The number of nitrogen functional groups attached to an aromatic ring is 1. The van der Waals surface area contributed by atoms with E-state index in [0.717, 1.165) is 18.6 Å². The second-order valence-electron chi connectivity index (χ2n) is 4.11. The van der Waals surface area contributed by atoms with Crippen molar-refractivity contribution in [3.63, 3.8) is 0 Å². The van der Waals surface area contributed by atoms with Gasteiger partial charge in [0.15, 0.2) is 5.82 Å². The molecule has 6 nitrogen and oxygen atoms in total. The van der Waals surface area contributed by atoms with Gasteiger partial charge in [-0.25, -0.2) is 4.79 Å². The molecule has 1 aliphatic heterocycles. The molecular formula is C11H17N3O3. The minimum absolute atomic E-state index is 0.233. The first kappa shape index (κ1) is 11.8. The summed E-state index contributed by atoms with van der Waals surface area (Å²) in [5.41, 5.74) is 5.51. The van der Waals surface area contributed by atoms with Crippen LogP contribution in [0.4, 0.5) is 10.6 Å². The Morgan fingerprint density at radius 1 is 1.65 bits per heavy atom. The first-order chi connectivity index (χ1) is 8.20. The molecule has 0 bridgehead atoms. The molecule has 1 saturated heterocycles. The first-order valence-corrected chi connectivity index (χ1v) is 5.84. The second-order valence-corrected chi connectivity index (χ2v) is 4.11. The Balaban J connectivity index is 1.88. The SMILES string of the molecule is CCOC(=O)N1CCC(c2cc(N)no2)CC1. The quantitative estimate of drug-likeness (QED) is 0.847. The van der Waals surface area contributed by atoms with Crippen LogP contribution in [0.3, 0.4) is 0 Å². The smallest absolute Gasteiger partial charge is 0.409 e. The Morgan fingerprint density at radius 2 is 2.35 bits per heavy atom. The molecule has 2 heterocycles. The molecule has 2 N–H and O–H groups in total. The van der Waals surface area contributed by atoms with E-state index in [2.05, 4.69) is 5.16 Å². The van der Waals surface area contributed by atoms with E-state index < -0.39 is 0 Å². The molecular weight excluding hydrogens is 222 g/mol. The zero-order valence-corrected chi connectivity index (χ0v) is 9.89. The van der Waals surface area contributed by atoms with Gasteiger partial charge >= 0.3 is 6.09 Å². The predicted octanol–water partition coefficient (Wildman–Crippen LogP) is 1.59. The highest BCUT2D eigenvalue weighted by Crippen LogP contribution is 2.29. The number of carbonyl (C=O) groups excluding carboxylic acids is 1. The third-order valence-corrected chi connectivity index (χ3v) is 2.97. The number of amides is 1. The minimum atomic E-state index is -0.233. The maximum Gasteiger partial charge on any atom is 0.409 e. The summed E-state index contributed by atoms with van der Waals surface area (Å²) in [5, 5.41) is 3.67.